The van der Waals surface area contributed by atoms with Gasteiger partial charge in [0.15, 0.2) is 11.5 Å². The number of methoxy groups -OCH3 is 1. The second-order valence-corrected chi connectivity index (χ2v) is 7.35. The van der Waals surface area contributed by atoms with Crippen LogP contribution in [0.4, 0.5) is 23.2 Å². The van der Waals surface area contributed by atoms with Crippen molar-refractivity contribution in [2.24, 2.45) is 0 Å². The zero-order valence-electron chi connectivity index (χ0n) is 19.1. The molecule has 1 N–H and O–H groups in total. The molecule has 1 aromatic heterocycles. The molecular weight excluding hydrogens is 490 g/mol. The summed E-state index contributed by atoms with van der Waals surface area (Å²) in [4.78, 5) is 10.4. The Labute approximate surface area is 203 Å². The fourth-order valence-electron chi connectivity index (χ4n) is 3.75. The van der Waals surface area contributed by atoms with Gasteiger partial charge >= 0.3 is 13.2 Å². The van der Waals surface area contributed by atoms with E-state index in [1.807, 2.05) is 23.1 Å². The molecule has 0 amide bonds. The number of rotatable bonds is 9. The number of ether oxygens (including phenoxy) is 4. The molecule has 0 saturated carbocycles. The lowest BCUT2D eigenvalue weighted by atomic mass is 9.98. The highest BCUT2D eigenvalue weighted by Crippen LogP contribution is 2.38. The Balaban J connectivity index is 0.00000115. The third kappa shape index (κ3) is 6.84. The van der Waals surface area contributed by atoms with Crippen molar-refractivity contribution in [2.45, 2.75) is 26.2 Å². The topological polar surface area (TPSA) is 103 Å². The van der Waals surface area contributed by atoms with Crippen molar-refractivity contribution in [2.75, 3.05) is 31.8 Å². The maximum Gasteiger partial charge on any atom is 0.387 e. The molecule has 2 heterocycles. The van der Waals surface area contributed by atoms with Gasteiger partial charge in [0, 0.05) is 31.7 Å². The molecule has 4 rings (SSSR count). The minimum atomic E-state index is -3.21. The number of hydrogen-bond acceptors (Lipinski definition) is 8. The Kier molecular flexibility index (Phi) is 9.45. The predicted octanol–water partition coefficient (Wildman–Crippen LogP) is 4.12. The molecule has 9 nitrogen and oxygen atoms in total. The minimum absolute atomic E-state index is 0.215. The molecule has 1 aliphatic heterocycles. The van der Waals surface area contributed by atoms with Crippen LogP contribution in [0.2, 0.25) is 0 Å². The smallest absolute Gasteiger partial charge is 0.387 e. The number of carbonyl (C=O) groups is 1. The summed E-state index contributed by atoms with van der Waals surface area (Å²) in [5, 5.41) is 15.2. The molecular formula is C23H23F4N3O6. The van der Waals surface area contributed by atoms with Crippen LogP contribution in [0.5, 0.6) is 17.2 Å². The number of halogens is 4. The highest BCUT2D eigenvalue weighted by atomic mass is 19.3. The number of anilines is 1. The van der Waals surface area contributed by atoms with E-state index in [-0.39, 0.29) is 12.0 Å². The quantitative estimate of drug-likeness (QED) is 0.257. The summed E-state index contributed by atoms with van der Waals surface area (Å²) in [5.41, 5.74) is 3.04. The average Bonchev–Trinajstić information content (AvgIpc) is 2.83. The van der Waals surface area contributed by atoms with Gasteiger partial charge in [-0.15, -0.1) is 0 Å². The molecule has 0 saturated heterocycles. The summed E-state index contributed by atoms with van der Waals surface area (Å²) < 4.78 is 70.7. The summed E-state index contributed by atoms with van der Waals surface area (Å²) in [6, 6.07) is 8.22. The number of alkyl halides is 4. The summed E-state index contributed by atoms with van der Waals surface area (Å²) >= 11 is 0. The SMILES string of the molecule is COCCOc1ccc2c(c1)CN(c1cnnc3cc(OC(F)F)c(OC(F)F)cc13)CC2.O=CO. The van der Waals surface area contributed by atoms with E-state index in [0.29, 0.717) is 43.1 Å². The van der Waals surface area contributed by atoms with E-state index in [1.54, 1.807) is 7.11 Å². The maximum atomic E-state index is 12.9. The first-order valence-corrected chi connectivity index (χ1v) is 10.6. The van der Waals surface area contributed by atoms with E-state index in [4.69, 9.17) is 19.4 Å². The molecule has 0 fully saturated rings. The van der Waals surface area contributed by atoms with Crippen molar-refractivity contribution >= 4 is 23.1 Å². The predicted molar refractivity (Wildman–Crippen MR) is 120 cm³/mol. The van der Waals surface area contributed by atoms with Crippen LogP contribution in [0.15, 0.2) is 36.5 Å². The van der Waals surface area contributed by atoms with Gasteiger partial charge in [0.2, 0.25) is 0 Å². The third-order valence-corrected chi connectivity index (χ3v) is 5.20. The molecule has 36 heavy (non-hydrogen) atoms. The number of aromatic nitrogens is 2. The van der Waals surface area contributed by atoms with E-state index in [9.17, 15) is 17.6 Å². The van der Waals surface area contributed by atoms with E-state index in [2.05, 4.69) is 19.7 Å². The lowest BCUT2D eigenvalue weighted by Gasteiger charge is -2.31. The fourth-order valence-corrected chi connectivity index (χ4v) is 3.75. The second kappa shape index (κ2) is 12.7. The second-order valence-electron chi connectivity index (χ2n) is 7.35. The lowest BCUT2D eigenvalue weighted by Crippen LogP contribution is -2.30. The van der Waals surface area contributed by atoms with Crippen LogP contribution in [0.3, 0.4) is 0 Å². The van der Waals surface area contributed by atoms with Crippen molar-refractivity contribution < 1.29 is 46.4 Å². The first-order chi connectivity index (χ1) is 17.4. The van der Waals surface area contributed by atoms with Crippen LogP contribution in [-0.4, -0.2) is 61.9 Å². The van der Waals surface area contributed by atoms with Crippen molar-refractivity contribution in [1.29, 1.82) is 0 Å². The van der Waals surface area contributed by atoms with Gasteiger partial charge in [-0.1, -0.05) is 6.07 Å². The molecule has 0 atom stereocenters. The largest absolute Gasteiger partial charge is 0.491 e. The van der Waals surface area contributed by atoms with Crippen molar-refractivity contribution in [1.82, 2.24) is 10.2 Å². The highest BCUT2D eigenvalue weighted by Gasteiger charge is 2.22. The van der Waals surface area contributed by atoms with Gasteiger partial charge in [0.1, 0.15) is 12.4 Å². The molecule has 0 aliphatic carbocycles. The van der Waals surface area contributed by atoms with Gasteiger partial charge in [-0.3, -0.25) is 4.79 Å². The normalized spacial score (nSPS) is 12.7. The Bertz CT molecular complexity index is 1170. The van der Waals surface area contributed by atoms with Crippen LogP contribution in [0.25, 0.3) is 10.9 Å². The van der Waals surface area contributed by atoms with Crippen LogP contribution in [-0.2, 0) is 22.5 Å². The molecule has 194 valence electrons. The summed E-state index contributed by atoms with van der Waals surface area (Å²) in [6.07, 6.45) is 2.25. The third-order valence-electron chi connectivity index (χ3n) is 5.20. The monoisotopic (exact) mass is 513 g/mol. The molecule has 0 unspecified atom stereocenters. The number of fused-ring (bicyclic) bond motifs is 2. The zero-order valence-corrected chi connectivity index (χ0v) is 19.1. The Morgan fingerprint density at radius 1 is 1.06 bits per heavy atom. The first kappa shape index (κ1) is 26.7. The van der Waals surface area contributed by atoms with Gasteiger partial charge in [-0.25, -0.2) is 0 Å². The molecule has 2 aromatic carbocycles. The van der Waals surface area contributed by atoms with Gasteiger partial charge < -0.3 is 29.0 Å². The van der Waals surface area contributed by atoms with Crippen LogP contribution in [0, 0.1) is 0 Å². The lowest BCUT2D eigenvalue weighted by molar-refractivity contribution is -0.122. The van der Waals surface area contributed by atoms with E-state index in [0.717, 1.165) is 18.1 Å². The van der Waals surface area contributed by atoms with Gasteiger partial charge in [0.05, 0.1) is 24.0 Å². The van der Waals surface area contributed by atoms with Crippen LogP contribution in [0.1, 0.15) is 11.1 Å². The molecule has 0 bridgehead atoms. The minimum Gasteiger partial charge on any atom is -0.491 e. The Morgan fingerprint density at radius 3 is 2.42 bits per heavy atom. The summed E-state index contributed by atoms with van der Waals surface area (Å²) in [6.45, 7) is -4.63. The highest BCUT2D eigenvalue weighted by molar-refractivity contribution is 5.93. The van der Waals surface area contributed by atoms with E-state index >= 15 is 0 Å². The number of nitrogens with zero attached hydrogens (tertiary/aromatic N) is 3. The average molecular weight is 513 g/mol. The van der Waals surface area contributed by atoms with Gasteiger partial charge in [-0.2, -0.15) is 27.8 Å². The molecule has 0 spiro atoms. The molecule has 3 aromatic rings. The van der Waals surface area contributed by atoms with Crippen LogP contribution >= 0.6 is 0 Å². The summed E-state index contributed by atoms with van der Waals surface area (Å²) in [5.74, 6) is -0.323. The molecule has 1 aliphatic rings. The van der Waals surface area contributed by atoms with Gasteiger partial charge in [-0.05, 0) is 35.7 Å². The number of carboxylic acid groups (broad SMARTS) is 1. The Morgan fingerprint density at radius 2 is 1.75 bits per heavy atom. The Hall–Kier alpha value is -3.87. The number of benzene rings is 2. The standard InChI is InChI=1S/C22H21F4N3O4.CH2O2/c1-30-6-7-31-15-3-2-13-4-5-29(12-14(13)8-15)18-11-27-28-17-10-20(33-22(25)26)19(9-16(17)18)32-21(23)24;2-1-3/h2-3,8-11,21-22H,4-7,12H2,1H3;1H,(H,2,3). The zero-order chi connectivity index (χ0) is 26.1. The fraction of sp³-hybridized carbons (Fsp3) is 0.348. The van der Waals surface area contributed by atoms with Crippen molar-refractivity contribution in [3.05, 3.63) is 47.7 Å². The maximum absolute atomic E-state index is 12.9. The van der Waals surface area contributed by atoms with E-state index < -0.39 is 24.7 Å². The van der Waals surface area contributed by atoms with Crippen molar-refractivity contribution in [3.8, 4) is 17.2 Å². The summed E-state index contributed by atoms with van der Waals surface area (Å²) in [7, 11) is 1.60. The van der Waals surface area contributed by atoms with Crippen molar-refractivity contribution in [3.63, 3.8) is 0 Å². The number of hydrogen-bond donors (Lipinski definition) is 1. The first-order valence-electron chi connectivity index (χ1n) is 10.6. The van der Waals surface area contributed by atoms with E-state index in [1.165, 1.54) is 17.8 Å². The van der Waals surface area contributed by atoms with Gasteiger partial charge in [0.25, 0.3) is 6.47 Å². The molecule has 0 radical (unpaired) electrons. The molecule has 13 heteroatoms. The van der Waals surface area contributed by atoms with Crippen LogP contribution < -0.4 is 19.1 Å².